The molecule has 1 aromatic carbocycles. The van der Waals surface area contributed by atoms with Gasteiger partial charge in [-0.3, -0.25) is 10.2 Å². The molecule has 0 aliphatic rings. The number of nitrogens with one attached hydrogen (secondary N) is 2. The van der Waals surface area contributed by atoms with Crippen molar-refractivity contribution >= 4 is 11.5 Å². The Morgan fingerprint density at radius 3 is 2.50 bits per heavy atom. The van der Waals surface area contributed by atoms with Gasteiger partial charge in [0.05, 0.1) is 11.3 Å². The molecule has 2 rings (SSSR count). The molecule has 2 aromatic rings. The molecule has 5 nitrogen and oxygen atoms in total. The quantitative estimate of drug-likeness (QED) is 0.694. The first kappa shape index (κ1) is 12.0. The summed E-state index contributed by atoms with van der Waals surface area (Å²) in [6, 6.07) is 7.49. The van der Waals surface area contributed by atoms with Crippen LogP contribution in [0.25, 0.3) is 0 Å². The van der Waals surface area contributed by atoms with Gasteiger partial charge in [-0.05, 0) is 13.8 Å². The van der Waals surface area contributed by atoms with Crippen LogP contribution in [0, 0.1) is 19.3 Å². The van der Waals surface area contributed by atoms with Crippen LogP contribution in [0.15, 0.2) is 29.1 Å². The molecule has 0 atom stereocenters. The number of hydrogen-bond acceptors (Lipinski definition) is 4. The molecule has 0 fully saturated rings. The van der Waals surface area contributed by atoms with Crippen LogP contribution in [0.4, 0.5) is 5.82 Å². The second-order valence-corrected chi connectivity index (χ2v) is 4.18. The van der Waals surface area contributed by atoms with E-state index in [1.165, 1.54) is 0 Å². The molecule has 0 amide bonds. The van der Waals surface area contributed by atoms with Gasteiger partial charge in [-0.1, -0.05) is 29.8 Å². The minimum Gasteiger partial charge on any atom is -0.382 e. The molecular weight excluding hydrogens is 228 g/mol. The summed E-state index contributed by atoms with van der Waals surface area (Å²) in [5.41, 5.74) is 8.25. The molecule has 0 spiro atoms. The van der Waals surface area contributed by atoms with E-state index in [9.17, 15) is 4.79 Å². The van der Waals surface area contributed by atoms with Crippen molar-refractivity contribution in [3.8, 4) is 0 Å². The molecule has 1 heterocycles. The predicted molar refractivity (Wildman–Crippen MR) is 71.1 cm³/mol. The number of aryl methyl sites for hydroxylation is 1. The van der Waals surface area contributed by atoms with E-state index >= 15 is 0 Å². The monoisotopic (exact) mass is 242 g/mol. The number of nitrogen functional groups attached to an aromatic ring is 1. The molecular formula is C13H14N4O. The van der Waals surface area contributed by atoms with Crippen LogP contribution in [0.5, 0.6) is 0 Å². The average molecular weight is 242 g/mol. The van der Waals surface area contributed by atoms with Crippen molar-refractivity contribution in [2.75, 3.05) is 5.73 Å². The Morgan fingerprint density at radius 1 is 1.28 bits per heavy atom. The SMILES string of the molecule is Cc1ccc(C(=N)c2c(N)n[nH]c(=O)c2C)cc1. The van der Waals surface area contributed by atoms with Gasteiger partial charge in [0.1, 0.15) is 0 Å². The molecule has 5 heteroatoms. The zero-order chi connectivity index (χ0) is 13.3. The maximum absolute atomic E-state index is 11.5. The van der Waals surface area contributed by atoms with Crippen LogP contribution in [0.2, 0.25) is 0 Å². The molecule has 4 N–H and O–H groups in total. The summed E-state index contributed by atoms with van der Waals surface area (Å²) >= 11 is 0. The summed E-state index contributed by atoms with van der Waals surface area (Å²) in [4.78, 5) is 11.5. The number of nitrogens with zero attached hydrogens (tertiary/aromatic N) is 1. The van der Waals surface area contributed by atoms with Crippen molar-refractivity contribution in [3.63, 3.8) is 0 Å². The summed E-state index contributed by atoms with van der Waals surface area (Å²) < 4.78 is 0. The van der Waals surface area contributed by atoms with Crippen LogP contribution >= 0.6 is 0 Å². The summed E-state index contributed by atoms with van der Waals surface area (Å²) in [5, 5.41) is 14.1. The third kappa shape index (κ3) is 2.02. The summed E-state index contributed by atoms with van der Waals surface area (Å²) in [6.07, 6.45) is 0. The number of hydrogen-bond donors (Lipinski definition) is 3. The molecule has 0 aliphatic carbocycles. The maximum atomic E-state index is 11.5. The Kier molecular flexibility index (Phi) is 2.97. The van der Waals surface area contributed by atoms with Crippen LogP contribution < -0.4 is 11.3 Å². The molecule has 92 valence electrons. The van der Waals surface area contributed by atoms with Gasteiger partial charge in [0.25, 0.3) is 5.56 Å². The van der Waals surface area contributed by atoms with Crippen molar-refractivity contribution in [1.82, 2.24) is 10.2 Å². The van der Waals surface area contributed by atoms with E-state index in [-0.39, 0.29) is 17.1 Å². The minimum absolute atomic E-state index is 0.165. The number of H-pyrrole nitrogens is 1. The third-order valence-corrected chi connectivity index (χ3v) is 2.84. The first-order valence-corrected chi connectivity index (χ1v) is 5.51. The van der Waals surface area contributed by atoms with Gasteiger partial charge in [-0.15, -0.1) is 0 Å². The normalized spacial score (nSPS) is 10.3. The molecule has 0 saturated heterocycles. The highest BCUT2D eigenvalue weighted by molar-refractivity contribution is 6.14. The Labute approximate surface area is 104 Å². The van der Waals surface area contributed by atoms with Gasteiger partial charge >= 0.3 is 0 Å². The van der Waals surface area contributed by atoms with Gasteiger partial charge in [0.15, 0.2) is 5.82 Å². The smallest absolute Gasteiger partial charge is 0.267 e. The predicted octanol–water partition coefficient (Wildman–Crippen LogP) is 1.39. The first-order chi connectivity index (χ1) is 8.50. The fraction of sp³-hybridized carbons (Fsp3) is 0.154. The highest BCUT2D eigenvalue weighted by Crippen LogP contribution is 2.16. The zero-order valence-electron chi connectivity index (χ0n) is 10.2. The lowest BCUT2D eigenvalue weighted by molar-refractivity contribution is 0.974. The number of nitrogens with two attached hydrogens (primary N) is 1. The maximum Gasteiger partial charge on any atom is 0.267 e. The Bertz CT molecular complexity index is 656. The van der Waals surface area contributed by atoms with Crippen molar-refractivity contribution < 1.29 is 0 Å². The summed E-state index contributed by atoms with van der Waals surface area (Å²) in [6.45, 7) is 3.61. The molecule has 0 saturated carbocycles. The van der Waals surface area contributed by atoms with Crippen LogP contribution in [0.1, 0.15) is 22.3 Å². The average Bonchev–Trinajstić information content (AvgIpc) is 2.35. The molecule has 0 unspecified atom stereocenters. The molecule has 1 aromatic heterocycles. The van der Waals surface area contributed by atoms with E-state index in [1.54, 1.807) is 6.92 Å². The van der Waals surface area contributed by atoms with Gasteiger partial charge in [-0.2, -0.15) is 5.10 Å². The summed E-state index contributed by atoms with van der Waals surface area (Å²) in [5.74, 6) is 0.165. The van der Waals surface area contributed by atoms with Gasteiger partial charge < -0.3 is 5.73 Å². The largest absolute Gasteiger partial charge is 0.382 e. The van der Waals surface area contributed by atoms with Gasteiger partial charge in [0, 0.05) is 11.1 Å². The number of aromatic nitrogens is 2. The Morgan fingerprint density at radius 2 is 1.89 bits per heavy atom. The number of benzene rings is 1. The van der Waals surface area contributed by atoms with E-state index in [0.717, 1.165) is 5.56 Å². The van der Waals surface area contributed by atoms with Crippen molar-refractivity contribution in [2.24, 2.45) is 0 Å². The van der Waals surface area contributed by atoms with Crippen LogP contribution in [0.3, 0.4) is 0 Å². The lowest BCUT2D eigenvalue weighted by atomic mass is 9.99. The van der Waals surface area contributed by atoms with E-state index in [2.05, 4.69) is 10.2 Å². The van der Waals surface area contributed by atoms with Crippen LogP contribution in [-0.4, -0.2) is 15.9 Å². The van der Waals surface area contributed by atoms with Crippen molar-refractivity contribution in [3.05, 3.63) is 56.9 Å². The van der Waals surface area contributed by atoms with Crippen molar-refractivity contribution in [1.29, 1.82) is 5.41 Å². The Balaban J connectivity index is 2.56. The molecule has 0 radical (unpaired) electrons. The van der Waals surface area contributed by atoms with Crippen molar-refractivity contribution in [2.45, 2.75) is 13.8 Å². The van der Waals surface area contributed by atoms with Gasteiger partial charge in [-0.25, -0.2) is 5.10 Å². The lowest BCUT2D eigenvalue weighted by Crippen LogP contribution is -2.20. The fourth-order valence-corrected chi connectivity index (χ4v) is 1.74. The minimum atomic E-state index is -0.323. The number of anilines is 1. The Hall–Kier alpha value is -2.43. The highest BCUT2D eigenvalue weighted by Gasteiger charge is 2.14. The second kappa shape index (κ2) is 4.44. The second-order valence-electron chi connectivity index (χ2n) is 4.18. The third-order valence-electron chi connectivity index (χ3n) is 2.84. The summed E-state index contributed by atoms with van der Waals surface area (Å²) in [7, 11) is 0. The van der Waals surface area contributed by atoms with E-state index in [0.29, 0.717) is 16.7 Å². The van der Waals surface area contributed by atoms with Gasteiger partial charge in [0.2, 0.25) is 0 Å². The standard InChI is InChI=1S/C13H14N4O/c1-7-3-5-9(6-4-7)11(14)10-8(2)13(18)17-16-12(10)15/h3-6,14H,1-2H3,(H2,15,16)(H,17,18). The van der Waals surface area contributed by atoms with E-state index < -0.39 is 0 Å². The first-order valence-electron chi connectivity index (χ1n) is 5.51. The number of rotatable bonds is 2. The molecule has 0 aliphatic heterocycles. The molecule has 18 heavy (non-hydrogen) atoms. The van der Waals surface area contributed by atoms with E-state index in [4.69, 9.17) is 11.1 Å². The van der Waals surface area contributed by atoms with Crippen LogP contribution in [-0.2, 0) is 0 Å². The highest BCUT2D eigenvalue weighted by atomic mass is 16.1. The fourth-order valence-electron chi connectivity index (χ4n) is 1.74. The van der Waals surface area contributed by atoms with E-state index in [1.807, 2.05) is 31.2 Å². The topological polar surface area (TPSA) is 95.6 Å². The molecule has 0 bridgehead atoms. The number of aromatic amines is 1. The zero-order valence-corrected chi connectivity index (χ0v) is 10.2. The lowest BCUT2D eigenvalue weighted by Gasteiger charge is -2.09.